The zero-order chi connectivity index (χ0) is 39.4. The van der Waals surface area contributed by atoms with E-state index in [1.54, 1.807) is 36.4 Å². The van der Waals surface area contributed by atoms with Crippen molar-refractivity contribution >= 4 is 57.8 Å². The van der Waals surface area contributed by atoms with Crippen molar-refractivity contribution in [3.8, 4) is 17.2 Å². The molecular formula is C46H40N4O7. The van der Waals surface area contributed by atoms with Gasteiger partial charge >= 0.3 is 0 Å². The van der Waals surface area contributed by atoms with Crippen molar-refractivity contribution in [2.45, 2.75) is 18.8 Å². The summed E-state index contributed by atoms with van der Waals surface area (Å²) in [4.78, 5) is 60.5. The number of nitrogens with zero attached hydrogens (tertiary/aromatic N) is 2. The third-order valence-electron chi connectivity index (χ3n) is 11.9. The third-order valence-corrected chi connectivity index (χ3v) is 11.9. The van der Waals surface area contributed by atoms with Crippen LogP contribution in [-0.2, 0) is 19.2 Å². The Morgan fingerprint density at radius 3 is 1.51 bits per heavy atom. The van der Waals surface area contributed by atoms with Gasteiger partial charge in [-0.1, -0.05) is 48.0 Å². The first-order chi connectivity index (χ1) is 27.7. The molecule has 57 heavy (non-hydrogen) atoms. The number of imide groups is 2. The van der Waals surface area contributed by atoms with Crippen LogP contribution in [0.25, 0.3) is 0 Å². The monoisotopic (exact) mass is 760 g/mol. The van der Waals surface area contributed by atoms with Crippen LogP contribution in [0, 0.1) is 29.6 Å². The van der Waals surface area contributed by atoms with E-state index in [1.807, 2.05) is 91.0 Å². The number of fused-ring (bicyclic) bond motifs is 4. The molecule has 6 atom stereocenters. The van der Waals surface area contributed by atoms with E-state index in [-0.39, 0.29) is 47.3 Å². The summed E-state index contributed by atoms with van der Waals surface area (Å²) in [5, 5.41) is 17.5. The zero-order valence-corrected chi connectivity index (χ0v) is 31.3. The van der Waals surface area contributed by atoms with E-state index >= 15 is 0 Å². The molecule has 4 aliphatic rings. The van der Waals surface area contributed by atoms with Crippen LogP contribution >= 0.6 is 0 Å². The summed E-state index contributed by atoms with van der Waals surface area (Å²) >= 11 is 0. The van der Waals surface area contributed by atoms with Crippen LogP contribution in [0.3, 0.4) is 0 Å². The van der Waals surface area contributed by atoms with Crippen LogP contribution in [0.4, 0.5) is 34.1 Å². The van der Waals surface area contributed by atoms with Gasteiger partial charge in [-0.15, -0.1) is 0 Å². The average Bonchev–Trinajstić information content (AvgIpc) is 3.65. The van der Waals surface area contributed by atoms with Crippen molar-refractivity contribution in [3.63, 3.8) is 0 Å². The lowest BCUT2D eigenvalue weighted by Crippen LogP contribution is -2.43. The average molecular weight is 761 g/mol. The number of ether oxygens (including phenoxy) is 2. The number of carbonyl (C=O) groups excluding carboxylic acids is 4. The largest absolute Gasteiger partial charge is 0.502 e. The molecule has 0 radical (unpaired) electrons. The first-order valence-electron chi connectivity index (χ1n) is 19.0. The van der Waals surface area contributed by atoms with Crippen LogP contribution in [-0.4, -0.2) is 43.0 Å². The number of carbonyl (C=O) groups is 4. The number of anilines is 6. The number of allylic oxidation sites excluding steroid dienone is 2. The number of nitrogens with one attached hydrogen (secondary N) is 2. The smallest absolute Gasteiger partial charge is 0.238 e. The molecule has 9 rings (SSSR count). The molecule has 5 aromatic rings. The van der Waals surface area contributed by atoms with Crippen molar-refractivity contribution in [3.05, 3.63) is 139 Å². The van der Waals surface area contributed by atoms with Crippen LogP contribution < -0.4 is 29.9 Å². The van der Waals surface area contributed by atoms with Gasteiger partial charge in [-0.05, 0) is 109 Å². The molecule has 2 saturated heterocycles. The molecule has 3 N–H and O–H groups in total. The summed E-state index contributed by atoms with van der Waals surface area (Å²) < 4.78 is 11.1. The van der Waals surface area contributed by atoms with Crippen molar-refractivity contribution in [1.82, 2.24) is 0 Å². The Hall–Kier alpha value is -6.88. The molecule has 6 unspecified atom stereocenters. The number of phenols is 1. The Morgan fingerprint density at radius 2 is 1.02 bits per heavy atom. The second kappa shape index (κ2) is 14.3. The number of aromatic hydroxyl groups is 1. The maximum absolute atomic E-state index is 14.7. The zero-order valence-electron chi connectivity index (χ0n) is 31.3. The highest BCUT2D eigenvalue weighted by atomic mass is 16.5. The fourth-order valence-electron chi connectivity index (χ4n) is 9.33. The quantitative estimate of drug-likeness (QED) is 0.101. The lowest BCUT2D eigenvalue weighted by atomic mass is 9.57. The molecule has 2 aliphatic heterocycles. The highest BCUT2D eigenvalue weighted by Crippen LogP contribution is 2.59. The third kappa shape index (κ3) is 6.06. The van der Waals surface area contributed by atoms with Gasteiger partial charge in [0.2, 0.25) is 29.4 Å². The van der Waals surface area contributed by atoms with Crippen LogP contribution in [0.5, 0.6) is 17.2 Å². The minimum Gasteiger partial charge on any atom is -0.502 e. The van der Waals surface area contributed by atoms with E-state index in [0.29, 0.717) is 23.4 Å². The van der Waals surface area contributed by atoms with Gasteiger partial charge < -0.3 is 25.2 Å². The van der Waals surface area contributed by atoms with Crippen molar-refractivity contribution in [1.29, 1.82) is 0 Å². The number of rotatable bonds is 9. The Morgan fingerprint density at radius 1 is 0.561 bits per heavy atom. The number of hydrogen-bond acceptors (Lipinski definition) is 9. The van der Waals surface area contributed by atoms with Crippen molar-refractivity contribution in [2.24, 2.45) is 29.6 Å². The molecule has 0 bridgehead atoms. The number of hydrogen-bond donors (Lipinski definition) is 3. The van der Waals surface area contributed by atoms with Crippen LogP contribution in [0.15, 0.2) is 133 Å². The maximum atomic E-state index is 14.7. The van der Waals surface area contributed by atoms with Gasteiger partial charge in [-0.2, -0.15) is 0 Å². The second-order valence-electron chi connectivity index (χ2n) is 14.9. The first kappa shape index (κ1) is 35.8. The number of amides is 4. The van der Waals surface area contributed by atoms with E-state index in [1.165, 1.54) is 24.0 Å². The summed E-state index contributed by atoms with van der Waals surface area (Å²) in [7, 11) is 2.86. The van der Waals surface area contributed by atoms with Gasteiger partial charge in [0.05, 0.1) is 49.3 Å². The predicted octanol–water partition coefficient (Wildman–Crippen LogP) is 7.94. The van der Waals surface area contributed by atoms with Gasteiger partial charge in [0, 0.05) is 28.7 Å². The molecule has 0 spiro atoms. The molecule has 286 valence electrons. The molecule has 0 aromatic heterocycles. The highest BCUT2D eigenvalue weighted by Gasteiger charge is 2.62. The Bertz CT molecular complexity index is 2390. The van der Waals surface area contributed by atoms with Crippen LogP contribution in [0.1, 0.15) is 24.3 Å². The molecule has 2 aliphatic carbocycles. The molecule has 11 nitrogen and oxygen atoms in total. The molecule has 2 heterocycles. The van der Waals surface area contributed by atoms with Gasteiger partial charge in [0.1, 0.15) is 0 Å². The summed E-state index contributed by atoms with van der Waals surface area (Å²) in [5.74, 6) is -5.33. The van der Waals surface area contributed by atoms with E-state index in [9.17, 15) is 24.3 Å². The normalized spacial score (nSPS) is 23.7. The van der Waals surface area contributed by atoms with Crippen molar-refractivity contribution in [2.75, 3.05) is 34.7 Å². The fourth-order valence-corrected chi connectivity index (χ4v) is 9.33. The van der Waals surface area contributed by atoms with E-state index in [0.717, 1.165) is 28.3 Å². The van der Waals surface area contributed by atoms with Gasteiger partial charge in [-0.3, -0.25) is 29.0 Å². The Kier molecular flexibility index (Phi) is 8.99. The van der Waals surface area contributed by atoms with Crippen LogP contribution in [0.2, 0.25) is 0 Å². The molecule has 4 amide bonds. The summed E-state index contributed by atoms with van der Waals surface area (Å²) in [6.07, 6.45) is 2.51. The lowest BCUT2D eigenvalue weighted by Gasteiger charge is -2.44. The van der Waals surface area contributed by atoms with Crippen molar-refractivity contribution < 1.29 is 33.8 Å². The number of phenolic OH excluding ortho intramolecular Hbond substituents is 1. The minimum atomic E-state index is -0.814. The minimum absolute atomic E-state index is 0.149. The molecular weight excluding hydrogens is 721 g/mol. The van der Waals surface area contributed by atoms with E-state index in [4.69, 9.17) is 9.47 Å². The maximum Gasteiger partial charge on any atom is 0.238 e. The summed E-state index contributed by atoms with van der Waals surface area (Å²) in [6.45, 7) is 0. The summed E-state index contributed by atoms with van der Waals surface area (Å²) in [6, 6.07) is 37.1. The Balaban J connectivity index is 1.07. The number of methoxy groups -OCH3 is 2. The lowest BCUT2D eigenvalue weighted by molar-refractivity contribution is -0.126. The fraction of sp³-hybridized carbons (Fsp3) is 0.217. The SMILES string of the molecule is COc1cc(C2C3=CCC4C(=O)N(c5ccc(Nc6ccccc6)cc5)C(=O)C4C3CC3C(=O)N(c4ccc(Nc5ccccc5)cc4)C(=O)C32)cc(OC)c1O. The molecule has 11 heteroatoms. The van der Waals surface area contributed by atoms with Gasteiger partial charge in [0.25, 0.3) is 0 Å². The summed E-state index contributed by atoms with van der Waals surface area (Å²) in [5.41, 5.74) is 5.75. The predicted molar refractivity (Wildman–Crippen MR) is 216 cm³/mol. The number of benzene rings is 5. The standard InChI is InChI=1S/C46H40N4O7/c1-56-37-23-26(24-38(57-2)42(37)51)39-33-21-22-34-40(45(54)49(43(34)52)31-17-13-29(14-18-31)47-27-9-5-3-6-10-27)35(33)25-36-41(39)46(55)50(44(36)53)32-19-15-30(16-20-32)48-28-11-7-4-8-12-28/h3-21,23-24,34-36,39-41,47-48,51H,22,25H2,1-2H3. The number of para-hydroxylation sites is 2. The molecule has 1 saturated carbocycles. The second-order valence-corrected chi connectivity index (χ2v) is 14.9. The van der Waals surface area contributed by atoms with E-state index in [2.05, 4.69) is 10.6 Å². The van der Waals surface area contributed by atoms with Gasteiger partial charge in [-0.25, -0.2) is 0 Å². The molecule has 3 fully saturated rings. The van der Waals surface area contributed by atoms with Gasteiger partial charge in [0.15, 0.2) is 11.5 Å². The Labute approximate surface area is 329 Å². The van der Waals surface area contributed by atoms with E-state index < -0.39 is 35.5 Å². The topological polar surface area (TPSA) is 138 Å². The first-order valence-corrected chi connectivity index (χ1v) is 19.0. The molecule has 5 aromatic carbocycles. The highest BCUT2D eigenvalue weighted by molar-refractivity contribution is 6.24.